The van der Waals surface area contributed by atoms with Crippen molar-refractivity contribution in [3.8, 4) is 0 Å². The van der Waals surface area contributed by atoms with Crippen molar-refractivity contribution < 1.29 is 14.7 Å². The number of aliphatic carboxylic acids is 1. The third-order valence-electron chi connectivity index (χ3n) is 2.50. The number of aromatic nitrogens is 3. The molecule has 0 aromatic carbocycles. The van der Waals surface area contributed by atoms with E-state index in [0.717, 1.165) is 0 Å². The number of hydrogen-bond acceptors (Lipinski definition) is 4. The molecule has 7 nitrogen and oxygen atoms in total. The lowest BCUT2D eigenvalue weighted by molar-refractivity contribution is -0.137. The first kappa shape index (κ1) is 12.0. The van der Waals surface area contributed by atoms with E-state index in [1.165, 1.54) is 15.6 Å². The van der Waals surface area contributed by atoms with Gasteiger partial charge in [-0.15, -0.1) is 0 Å². The number of carboxylic acids is 1. The number of rotatable bonds is 4. The Bertz CT molecular complexity index is 593. The van der Waals surface area contributed by atoms with Gasteiger partial charge in [0.25, 0.3) is 5.91 Å². The first-order chi connectivity index (χ1) is 8.63. The van der Waals surface area contributed by atoms with E-state index in [9.17, 15) is 9.59 Å². The SMILES string of the molecule is CCN(CC(=O)O)C(=O)c1cnn2cccnc12. The molecule has 2 heterocycles. The summed E-state index contributed by atoms with van der Waals surface area (Å²) < 4.78 is 1.47. The molecule has 0 spiro atoms. The number of carboxylic acid groups (broad SMARTS) is 1. The van der Waals surface area contributed by atoms with Crippen LogP contribution in [0.3, 0.4) is 0 Å². The van der Waals surface area contributed by atoms with E-state index >= 15 is 0 Å². The first-order valence-electron chi connectivity index (χ1n) is 5.43. The Morgan fingerprint density at radius 1 is 1.50 bits per heavy atom. The smallest absolute Gasteiger partial charge is 0.323 e. The number of amides is 1. The highest BCUT2D eigenvalue weighted by atomic mass is 16.4. The molecule has 0 fully saturated rings. The number of carbonyl (C=O) groups is 2. The Morgan fingerprint density at radius 2 is 2.28 bits per heavy atom. The van der Waals surface area contributed by atoms with Gasteiger partial charge in [0.05, 0.1) is 6.20 Å². The van der Waals surface area contributed by atoms with Crippen molar-refractivity contribution in [2.45, 2.75) is 6.92 Å². The van der Waals surface area contributed by atoms with Crippen molar-refractivity contribution in [2.24, 2.45) is 0 Å². The quantitative estimate of drug-likeness (QED) is 0.839. The second-order valence-corrected chi connectivity index (χ2v) is 3.66. The second kappa shape index (κ2) is 4.82. The molecule has 1 amide bonds. The highest BCUT2D eigenvalue weighted by molar-refractivity contribution is 6.00. The molecule has 0 aliphatic carbocycles. The minimum atomic E-state index is -1.05. The van der Waals surface area contributed by atoms with Crippen molar-refractivity contribution in [1.82, 2.24) is 19.5 Å². The Balaban J connectivity index is 2.35. The van der Waals surface area contributed by atoms with Gasteiger partial charge in [0.15, 0.2) is 5.65 Å². The summed E-state index contributed by atoms with van der Waals surface area (Å²) >= 11 is 0. The maximum Gasteiger partial charge on any atom is 0.323 e. The molecular weight excluding hydrogens is 236 g/mol. The van der Waals surface area contributed by atoms with Gasteiger partial charge in [-0.2, -0.15) is 5.10 Å². The van der Waals surface area contributed by atoms with Crippen LogP contribution in [0.5, 0.6) is 0 Å². The highest BCUT2D eigenvalue weighted by Gasteiger charge is 2.21. The second-order valence-electron chi connectivity index (χ2n) is 3.66. The van der Waals surface area contributed by atoms with Crippen LogP contribution in [0.15, 0.2) is 24.7 Å². The molecule has 2 aromatic rings. The molecule has 0 aliphatic rings. The molecule has 2 aromatic heterocycles. The lowest BCUT2D eigenvalue weighted by Crippen LogP contribution is -2.35. The molecule has 2 rings (SSSR count). The summed E-state index contributed by atoms with van der Waals surface area (Å²) in [7, 11) is 0. The summed E-state index contributed by atoms with van der Waals surface area (Å²) in [5, 5.41) is 12.7. The van der Waals surface area contributed by atoms with E-state index in [2.05, 4.69) is 10.1 Å². The fourth-order valence-corrected chi connectivity index (χ4v) is 1.64. The van der Waals surface area contributed by atoms with Gasteiger partial charge in [0.2, 0.25) is 0 Å². The minimum absolute atomic E-state index is 0.304. The third kappa shape index (κ3) is 2.15. The van der Waals surface area contributed by atoms with Gasteiger partial charge in [-0.25, -0.2) is 9.50 Å². The van der Waals surface area contributed by atoms with Crippen molar-refractivity contribution in [1.29, 1.82) is 0 Å². The van der Waals surface area contributed by atoms with E-state index in [4.69, 9.17) is 5.11 Å². The van der Waals surface area contributed by atoms with Crippen LogP contribution in [-0.2, 0) is 4.79 Å². The lowest BCUT2D eigenvalue weighted by atomic mass is 10.3. The number of likely N-dealkylation sites (N-methyl/N-ethyl adjacent to an activating group) is 1. The van der Waals surface area contributed by atoms with E-state index in [1.54, 1.807) is 25.4 Å². The summed E-state index contributed by atoms with van der Waals surface area (Å²) in [5.41, 5.74) is 0.727. The fourth-order valence-electron chi connectivity index (χ4n) is 1.64. The van der Waals surface area contributed by atoms with Crippen LogP contribution in [0.4, 0.5) is 0 Å². The molecule has 0 saturated heterocycles. The molecule has 1 N–H and O–H groups in total. The standard InChI is InChI=1S/C11H12N4O3/c1-2-14(7-9(16)17)11(18)8-6-13-15-5-3-4-12-10(8)15/h3-6H,2,7H2,1H3,(H,16,17). The molecule has 94 valence electrons. The van der Waals surface area contributed by atoms with Crippen molar-refractivity contribution in [2.75, 3.05) is 13.1 Å². The van der Waals surface area contributed by atoms with Gasteiger partial charge < -0.3 is 10.0 Å². The number of fused-ring (bicyclic) bond motifs is 1. The van der Waals surface area contributed by atoms with Gasteiger partial charge in [-0.1, -0.05) is 0 Å². The lowest BCUT2D eigenvalue weighted by Gasteiger charge is -2.17. The molecule has 0 radical (unpaired) electrons. The molecule has 18 heavy (non-hydrogen) atoms. The largest absolute Gasteiger partial charge is 0.480 e. The number of carbonyl (C=O) groups excluding carboxylic acids is 1. The van der Waals surface area contributed by atoms with Crippen molar-refractivity contribution >= 4 is 17.5 Å². The zero-order chi connectivity index (χ0) is 13.1. The van der Waals surface area contributed by atoms with Gasteiger partial charge in [-0.05, 0) is 13.0 Å². The van der Waals surface area contributed by atoms with Crippen LogP contribution in [0.2, 0.25) is 0 Å². The Labute approximate surface area is 103 Å². The molecule has 0 unspecified atom stereocenters. The van der Waals surface area contributed by atoms with Crippen LogP contribution in [-0.4, -0.2) is 49.6 Å². The van der Waals surface area contributed by atoms with E-state index in [0.29, 0.717) is 17.8 Å². The molecular formula is C11H12N4O3. The number of hydrogen-bond donors (Lipinski definition) is 1. The predicted octanol–water partition coefficient (Wildman–Crippen LogP) is 0.276. The Morgan fingerprint density at radius 3 is 2.94 bits per heavy atom. The normalized spacial score (nSPS) is 10.5. The van der Waals surface area contributed by atoms with E-state index < -0.39 is 5.97 Å². The molecule has 0 bridgehead atoms. The van der Waals surface area contributed by atoms with Gasteiger partial charge in [-0.3, -0.25) is 9.59 Å². The summed E-state index contributed by atoms with van der Waals surface area (Å²) in [5.74, 6) is -1.43. The average Bonchev–Trinajstić information content (AvgIpc) is 2.78. The molecule has 0 saturated carbocycles. The Kier molecular flexibility index (Phi) is 3.22. The summed E-state index contributed by atoms with van der Waals surface area (Å²) in [4.78, 5) is 28.1. The first-order valence-corrected chi connectivity index (χ1v) is 5.43. The fraction of sp³-hybridized carbons (Fsp3) is 0.273. The molecule has 7 heteroatoms. The summed E-state index contributed by atoms with van der Waals surface area (Å²) in [6, 6.07) is 1.70. The van der Waals surface area contributed by atoms with Gasteiger partial charge in [0, 0.05) is 18.9 Å². The van der Waals surface area contributed by atoms with Crippen molar-refractivity contribution in [3.05, 3.63) is 30.2 Å². The number of nitrogens with zero attached hydrogens (tertiary/aromatic N) is 4. The molecule has 0 aliphatic heterocycles. The maximum absolute atomic E-state index is 12.2. The average molecular weight is 248 g/mol. The predicted molar refractivity (Wildman–Crippen MR) is 62.2 cm³/mol. The van der Waals surface area contributed by atoms with Gasteiger partial charge in [0.1, 0.15) is 12.1 Å². The topological polar surface area (TPSA) is 87.8 Å². The third-order valence-corrected chi connectivity index (χ3v) is 2.50. The van der Waals surface area contributed by atoms with E-state index in [-0.39, 0.29) is 12.5 Å². The monoisotopic (exact) mass is 248 g/mol. The minimum Gasteiger partial charge on any atom is -0.480 e. The maximum atomic E-state index is 12.2. The van der Waals surface area contributed by atoms with Crippen LogP contribution < -0.4 is 0 Å². The van der Waals surface area contributed by atoms with Gasteiger partial charge >= 0.3 is 5.97 Å². The van der Waals surface area contributed by atoms with E-state index in [1.807, 2.05) is 0 Å². The summed E-state index contributed by atoms with van der Waals surface area (Å²) in [6.45, 7) is 1.70. The van der Waals surface area contributed by atoms with Crippen molar-refractivity contribution in [3.63, 3.8) is 0 Å². The van der Waals surface area contributed by atoms with Crippen LogP contribution in [0.1, 0.15) is 17.3 Å². The zero-order valence-electron chi connectivity index (χ0n) is 9.78. The van der Waals surface area contributed by atoms with Crippen LogP contribution in [0.25, 0.3) is 5.65 Å². The zero-order valence-corrected chi connectivity index (χ0v) is 9.78. The van der Waals surface area contributed by atoms with Crippen LogP contribution in [0, 0.1) is 0 Å². The van der Waals surface area contributed by atoms with Crippen LogP contribution >= 0.6 is 0 Å². The Hall–Kier alpha value is -2.44. The summed E-state index contributed by atoms with van der Waals surface area (Å²) in [6.07, 6.45) is 4.63. The highest BCUT2D eigenvalue weighted by Crippen LogP contribution is 2.10. The molecule has 0 atom stereocenters.